The summed E-state index contributed by atoms with van der Waals surface area (Å²) in [5, 5.41) is 5.32. The number of halogens is 1. The van der Waals surface area contributed by atoms with Crippen molar-refractivity contribution in [2.45, 2.75) is 13.5 Å². The summed E-state index contributed by atoms with van der Waals surface area (Å²) in [7, 11) is 0. The van der Waals surface area contributed by atoms with Gasteiger partial charge < -0.3 is 5.32 Å². The molecule has 3 heteroatoms. The minimum absolute atomic E-state index is 0.770. The minimum atomic E-state index is 0.770. The number of rotatable bonds is 3. The Labute approximate surface area is 85.3 Å². The maximum atomic E-state index is 3.41. The number of hydrogen-bond donors (Lipinski definition) is 1. The van der Waals surface area contributed by atoms with Crippen LogP contribution >= 0.6 is 27.3 Å². The lowest BCUT2D eigenvalue weighted by Gasteiger charge is -1.94. The van der Waals surface area contributed by atoms with Crippen molar-refractivity contribution in [3.63, 3.8) is 0 Å². The van der Waals surface area contributed by atoms with E-state index < -0.39 is 0 Å². The zero-order valence-corrected chi connectivity index (χ0v) is 9.26. The molecule has 0 aliphatic rings. The predicted octanol–water partition coefficient (Wildman–Crippen LogP) is 2.62. The van der Waals surface area contributed by atoms with Crippen molar-refractivity contribution in [3.05, 3.63) is 20.8 Å². The van der Waals surface area contributed by atoms with E-state index >= 15 is 0 Å². The van der Waals surface area contributed by atoms with E-state index in [-0.39, 0.29) is 0 Å². The summed E-state index contributed by atoms with van der Waals surface area (Å²) in [5.41, 5.74) is 0. The van der Waals surface area contributed by atoms with E-state index in [1.165, 1.54) is 4.88 Å². The van der Waals surface area contributed by atoms with Crippen LogP contribution in [0, 0.1) is 11.8 Å². The Morgan fingerprint density at radius 3 is 3.08 bits per heavy atom. The number of hydrogen-bond acceptors (Lipinski definition) is 2. The molecule has 12 heavy (non-hydrogen) atoms. The molecule has 1 aromatic heterocycles. The van der Waals surface area contributed by atoms with E-state index in [2.05, 4.69) is 44.5 Å². The molecule has 0 unspecified atom stereocenters. The lowest BCUT2D eigenvalue weighted by molar-refractivity contribution is 0.780. The zero-order chi connectivity index (χ0) is 8.81. The molecule has 0 radical (unpaired) electrons. The largest absolute Gasteiger partial charge is 0.301 e. The van der Waals surface area contributed by atoms with Crippen molar-refractivity contribution in [1.82, 2.24) is 5.32 Å². The average molecular weight is 244 g/mol. The fourth-order valence-electron chi connectivity index (χ4n) is 0.783. The summed E-state index contributed by atoms with van der Waals surface area (Å²) in [6, 6.07) is 2.12. The molecule has 0 saturated heterocycles. The van der Waals surface area contributed by atoms with Crippen molar-refractivity contribution in [3.8, 4) is 11.8 Å². The SMILES string of the molecule is CC#CCNCc1cc(Br)cs1. The molecule has 0 aliphatic carbocycles. The summed E-state index contributed by atoms with van der Waals surface area (Å²) < 4.78 is 1.16. The second-order valence-corrected chi connectivity index (χ2v) is 4.17. The van der Waals surface area contributed by atoms with Crippen LogP contribution in [0.3, 0.4) is 0 Å². The molecule has 0 amide bonds. The fourth-order valence-corrected chi connectivity index (χ4v) is 2.20. The molecule has 1 aromatic rings. The van der Waals surface area contributed by atoms with Crippen molar-refractivity contribution in [2.24, 2.45) is 0 Å². The van der Waals surface area contributed by atoms with Crippen LogP contribution in [0.1, 0.15) is 11.8 Å². The van der Waals surface area contributed by atoms with Crippen LogP contribution in [0.5, 0.6) is 0 Å². The predicted molar refractivity (Wildman–Crippen MR) is 57.2 cm³/mol. The molecule has 64 valence electrons. The van der Waals surface area contributed by atoms with Gasteiger partial charge in [0.15, 0.2) is 0 Å². The van der Waals surface area contributed by atoms with Gasteiger partial charge in [0.1, 0.15) is 0 Å². The van der Waals surface area contributed by atoms with Crippen molar-refractivity contribution < 1.29 is 0 Å². The molecule has 1 nitrogen and oxygen atoms in total. The first kappa shape index (κ1) is 9.79. The van der Waals surface area contributed by atoms with Gasteiger partial charge in [0.25, 0.3) is 0 Å². The van der Waals surface area contributed by atoms with E-state index in [4.69, 9.17) is 0 Å². The van der Waals surface area contributed by atoms with Gasteiger partial charge in [0, 0.05) is 21.3 Å². The lowest BCUT2D eigenvalue weighted by atomic mass is 10.4. The highest BCUT2D eigenvalue weighted by atomic mass is 79.9. The summed E-state index contributed by atoms with van der Waals surface area (Å²) in [5.74, 6) is 5.80. The average Bonchev–Trinajstić information content (AvgIpc) is 2.45. The highest BCUT2D eigenvalue weighted by Gasteiger charge is 1.94. The van der Waals surface area contributed by atoms with Crippen LogP contribution in [0.15, 0.2) is 15.9 Å². The summed E-state index contributed by atoms with van der Waals surface area (Å²) in [6.45, 7) is 3.53. The van der Waals surface area contributed by atoms with Gasteiger partial charge in [-0.05, 0) is 28.9 Å². The summed E-state index contributed by atoms with van der Waals surface area (Å²) in [6.07, 6.45) is 0. The Morgan fingerprint density at radius 1 is 1.67 bits per heavy atom. The Morgan fingerprint density at radius 2 is 2.50 bits per heavy atom. The number of thiophene rings is 1. The van der Waals surface area contributed by atoms with Crippen LogP contribution in [0.4, 0.5) is 0 Å². The normalized spacial score (nSPS) is 9.17. The first-order valence-corrected chi connectivity index (χ1v) is 5.33. The lowest BCUT2D eigenvalue weighted by Crippen LogP contribution is -2.11. The van der Waals surface area contributed by atoms with E-state index in [0.717, 1.165) is 17.6 Å². The van der Waals surface area contributed by atoms with Crippen molar-refractivity contribution in [1.29, 1.82) is 0 Å². The molecular formula is C9H10BrNS. The van der Waals surface area contributed by atoms with Crippen LogP contribution in [0.25, 0.3) is 0 Å². The Kier molecular flexibility index (Phi) is 4.37. The van der Waals surface area contributed by atoms with Crippen LogP contribution in [-0.2, 0) is 6.54 Å². The first-order valence-electron chi connectivity index (χ1n) is 3.66. The molecule has 0 bridgehead atoms. The Balaban J connectivity index is 2.27. The molecule has 1 heterocycles. The van der Waals surface area contributed by atoms with E-state index in [9.17, 15) is 0 Å². The van der Waals surface area contributed by atoms with E-state index in [1.54, 1.807) is 11.3 Å². The summed E-state index contributed by atoms with van der Waals surface area (Å²) in [4.78, 5) is 1.33. The van der Waals surface area contributed by atoms with Crippen molar-refractivity contribution in [2.75, 3.05) is 6.54 Å². The van der Waals surface area contributed by atoms with Gasteiger partial charge in [-0.1, -0.05) is 5.92 Å². The Bertz CT molecular complexity index is 295. The van der Waals surface area contributed by atoms with E-state index in [0.29, 0.717) is 0 Å². The Hall–Kier alpha value is -0.300. The van der Waals surface area contributed by atoms with E-state index in [1.807, 2.05) is 6.92 Å². The molecule has 1 N–H and O–H groups in total. The summed E-state index contributed by atoms with van der Waals surface area (Å²) >= 11 is 5.16. The minimum Gasteiger partial charge on any atom is -0.301 e. The maximum absolute atomic E-state index is 3.41. The fraction of sp³-hybridized carbons (Fsp3) is 0.333. The molecule has 0 saturated carbocycles. The molecule has 0 fully saturated rings. The quantitative estimate of drug-likeness (QED) is 0.636. The van der Waals surface area contributed by atoms with Crippen LogP contribution in [-0.4, -0.2) is 6.54 Å². The van der Waals surface area contributed by atoms with Crippen molar-refractivity contribution >= 4 is 27.3 Å². The van der Waals surface area contributed by atoms with Gasteiger partial charge >= 0.3 is 0 Å². The second-order valence-electron chi connectivity index (χ2n) is 2.26. The molecular weight excluding hydrogens is 234 g/mol. The topological polar surface area (TPSA) is 12.0 Å². The molecule has 0 atom stereocenters. The third kappa shape index (κ3) is 3.40. The molecule has 0 spiro atoms. The van der Waals surface area contributed by atoms with Gasteiger partial charge in [-0.15, -0.1) is 17.3 Å². The zero-order valence-electron chi connectivity index (χ0n) is 6.86. The maximum Gasteiger partial charge on any atom is 0.0579 e. The van der Waals surface area contributed by atoms with Gasteiger partial charge in [0.2, 0.25) is 0 Å². The molecule has 0 aliphatic heterocycles. The van der Waals surface area contributed by atoms with Crippen LogP contribution < -0.4 is 5.32 Å². The van der Waals surface area contributed by atoms with Gasteiger partial charge in [0.05, 0.1) is 6.54 Å². The smallest absolute Gasteiger partial charge is 0.0579 e. The van der Waals surface area contributed by atoms with Gasteiger partial charge in [-0.2, -0.15) is 0 Å². The second kappa shape index (κ2) is 5.36. The number of nitrogens with one attached hydrogen (secondary N) is 1. The third-order valence-electron chi connectivity index (χ3n) is 1.31. The van der Waals surface area contributed by atoms with Gasteiger partial charge in [-0.25, -0.2) is 0 Å². The monoisotopic (exact) mass is 243 g/mol. The standard InChI is InChI=1S/C9H10BrNS/c1-2-3-4-11-6-9-5-8(10)7-12-9/h5,7,11H,4,6H2,1H3. The third-order valence-corrected chi connectivity index (χ3v) is 3.01. The van der Waals surface area contributed by atoms with Gasteiger partial charge in [-0.3, -0.25) is 0 Å². The highest BCUT2D eigenvalue weighted by molar-refractivity contribution is 9.10. The molecule has 0 aromatic carbocycles. The van der Waals surface area contributed by atoms with Crippen LogP contribution in [0.2, 0.25) is 0 Å². The highest BCUT2D eigenvalue weighted by Crippen LogP contribution is 2.19. The molecule has 1 rings (SSSR count). The first-order chi connectivity index (χ1) is 5.83.